The molecule has 0 atom stereocenters. The second kappa shape index (κ2) is 9.80. The van der Waals surface area contributed by atoms with Crippen molar-refractivity contribution in [1.29, 1.82) is 5.26 Å². The van der Waals surface area contributed by atoms with Gasteiger partial charge in [0.25, 0.3) is 0 Å². The van der Waals surface area contributed by atoms with Gasteiger partial charge in [-0.2, -0.15) is 5.26 Å². The SMILES string of the molecule is N#CCC(=O)NC1CCC(CCN2CCC(c3noc4cc(Cl)ccc34)CC2)CC1. The molecule has 2 fully saturated rings. The summed E-state index contributed by atoms with van der Waals surface area (Å²) in [6.45, 7) is 3.36. The van der Waals surface area contributed by atoms with Gasteiger partial charge in [0.15, 0.2) is 5.58 Å². The molecular formula is C23H29ClN4O2. The molecule has 4 rings (SSSR count). The van der Waals surface area contributed by atoms with E-state index in [-0.39, 0.29) is 18.4 Å². The van der Waals surface area contributed by atoms with Gasteiger partial charge in [-0.1, -0.05) is 16.8 Å². The highest BCUT2D eigenvalue weighted by Gasteiger charge is 2.27. The van der Waals surface area contributed by atoms with Crippen LogP contribution in [0.5, 0.6) is 0 Å². The molecule has 0 bridgehead atoms. The van der Waals surface area contributed by atoms with Crippen molar-refractivity contribution in [2.45, 2.75) is 63.3 Å². The molecule has 1 saturated heterocycles. The van der Waals surface area contributed by atoms with Crippen molar-refractivity contribution in [2.75, 3.05) is 19.6 Å². The van der Waals surface area contributed by atoms with Crippen molar-refractivity contribution in [2.24, 2.45) is 5.92 Å². The first-order valence-corrected chi connectivity index (χ1v) is 11.4. The highest BCUT2D eigenvalue weighted by molar-refractivity contribution is 6.31. The average molecular weight is 429 g/mol. The predicted molar refractivity (Wildman–Crippen MR) is 116 cm³/mol. The number of likely N-dealkylation sites (tertiary alicyclic amines) is 1. The summed E-state index contributed by atoms with van der Waals surface area (Å²) < 4.78 is 5.49. The van der Waals surface area contributed by atoms with Crippen LogP contribution in [0.2, 0.25) is 5.02 Å². The normalized spacial score (nSPS) is 23.3. The van der Waals surface area contributed by atoms with Crippen LogP contribution < -0.4 is 5.32 Å². The summed E-state index contributed by atoms with van der Waals surface area (Å²) >= 11 is 6.05. The lowest BCUT2D eigenvalue weighted by molar-refractivity contribution is -0.121. The minimum Gasteiger partial charge on any atom is -0.356 e. The number of amides is 1. The minimum atomic E-state index is -0.133. The Labute approximate surface area is 182 Å². The van der Waals surface area contributed by atoms with E-state index in [2.05, 4.69) is 15.4 Å². The van der Waals surface area contributed by atoms with Gasteiger partial charge in [-0.3, -0.25) is 4.79 Å². The standard InChI is InChI=1S/C23H29ClN4O2/c24-18-3-6-20-21(15-18)30-27-23(20)17-9-13-28(14-10-17)12-8-16-1-4-19(5-2-16)26-22(29)7-11-25/h3,6,15-17,19H,1-2,4-5,7-10,12-14H2,(H,26,29). The highest BCUT2D eigenvalue weighted by Crippen LogP contribution is 2.34. The fourth-order valence-electron chi connectivity index (χ4n) is 4.97. The molecule has 0 radical (unpaired) electrons. The number of halogens is 1. The number of benzene rings is 1. The van der Waals surface area contributed by atoms with E-state index in [0.29, 0.717) is 10.9 Å². The van der Waals surface area contributed by atoms with Crippen LogP contribution in [0.4, 0.5) is 0 Å². The van der Waals surface area contributed by atoms with Crippen LogP contribution in [-0.4, -0.2) is 41.6 Å². The number of aromatic nitrogens is 1. The largest absolute Gasteiger partial charge is 0.356 e. The van der Waals surface area contributed by atoms with E-state index in [4.69, 9.17) is 21.4 Å². The molecule has 160 valence electrons. The molecule has 1 aliphatic carbocycles. The molecule has 7 heteroatoms. The number of rotatable bonds is 6. The molecule has 2 heterocycles. The summed E-state index contributed by atoms with van der Waals surface area (Å²) in [7, 11) is 0. The molecule has 0 spiro atoms. The Bertz CT molecular complexity index is 906. The molecule has 1 amide bonds. The lowest BCUT2D eigenvalue weighted by Gasteiger charge is -2.34. The van der Waals surface area contributed by atoms with Crippen molar-refractivity contribution in [3.05, 3.63) is 28.9 Å². The number of fused-ring (bicyclic) bond motifs is 1. The zero-order valence-electron chi connectivity index (χ0n) is 17.3. The zero-order chi connectivity index (χ0) is 20.9. The Kier molecular flexibility index (Phi) is 6.91. The maximum absolute atomic E-state index is 11.6. The summed E-state index contributed by atoms with van der Waals surface area (Å²) in [6.07, 6.45) is 7.83. The molecule has 1 aliphatic heterocycles. The van der Waals surface area contributed by atoms with E-state index in [1.54, 1.807) is 0 Å². The molecule has 1 aromatic carbocycles. The maximum atomic E-state index is 11.6. The minimum absolute atomic E-state index is 0.0340. The van der Waals surface area contributed by atoms with E-state index >= 15 is 0 Å². The number of hydrogen-bond donors (Lipinski definition) is 1. The Morgan fingerprint density at radius 2 is 2.00 bits per heavy atom. The van der Waals surface area contributed by atoms with Gasteiger partial charge in [-0.05, 0) is 82.6 Å². The second-order valence-electron chi connectivity index (χ2n) is 8.73. The summed E-state index contributed by atoms with van der Waals surface area (Å²) in [4.78, 5) is 14.1. The van der Waals surface area contributed by atoms with Crippen LogP contribution in [0.15, 0.2) is 22.7 Å². The van der Waals surface area contributed by atoms with Crippen LogP contribution in [0.3, 0.4) is 0 Å². The van der Waals surface area contributed by atoms with Crippen molar-refractivity contribution in [1.82, 2.24) is 15.4 Å². The third-order valence-corrected chi connectivity index (χ3v) is 6.98. The molecule has 0 unspecified atom stereocenters. The van der Waals surface area contributed by atoms with Gasteiger partial charge >= 0.3 is 0 Å². The summed E-state index contributed by atoms with van der Waals surface area (Å²) in [5.41, 5.74) is 1.86. The van der Waals surface area contributed by atoms with Gasteiger partial charge in [-0.25, -0.2) is 0 Å². The third-order valence-electron chi connectivity index (χ3n) is 6.74. The van der Waals surface area contributed by atoms with Gasteiger partial charge in [0, 0.05) is 28.4 Å². The summed E-state index contributed by atoms with van der Waals surface area (Å²) in [6, 6.07) is 7.94. The lowest BCUT2D eigenvalue weighted by atomic mass is 9.83. The van der Waals surface area contributed by atoms with E-state index < -0.39 is 0 Å². The average Bonchev–Trinajstić information content (AvgIpc) is 3.17. The van der Waals surface area contributed by atoms with Crippen molar-refractivity contribution in [3.63, 3.8) is 0 Å². The van der Waals surface area contributed by atoms with E-state index in [0.717, 1.165) is 67.9 Å². The van der Waals surface area contributed by atoms with Crippen LogP contribution in [0.25, 0.3) is 11.0 Å². The number of nitriles is 1. The third kappa shape index (κ3) is 5.14. The van der Waals surface area contributed by atoms with Crippen LogP contribution in [-0.2, 0) is 4.79 Å². The molecular weight excluding hydrogens is 400 g/mol. The van der Waals surface area contributed by atoms with Crippen LogP contribution >= 0.6 is 11.6 Å². The number of nitrogens with zero attached hydrogens (tertiary/aromatic N) is 3. The second-order valence-corrected chi connectivity index (χ2v) is 9.17. The van der Waals surface area contributed by atoms with Crippen molar-refractivity contribution < 1.29 is 9.32 Å². The number of hydrogen-bond acceptors (Lipinski definition) is 5. The molecule has 1 aromatic heterocycles. The van der Waals surface area contributed by atoms with Gasteiger partial charge in [-0.15, -0.1) is 0 Å². The summed E-state index contributed by atoms with van der Waals surface area (Å²) in [5.74, 6) is 1.07. The van der Waals surface area contributed by atoms with E-state index in [9.17, 15) is 4.79 Å². The number of carbonyl (C=O) groups is 1. The zero-order valence-corrected chi connectivity index (χ0v) is 18.0. The molecule has 30 heavy (non-hydrogen) atoms. The maximum Gasteiger partial charge on any atom is 0.234 e. The quantitative estimate of drug-likeness (QED) is 0.724. The molecule has 1 saturated carbocycles. The smallest absolute Gasteiger partial charge is 0.234 e. The van der Waals surface area contributed by atoms with Crippen molar-refractivity contribution >= 4 is 28.5 Å². The fourth-order valence-corrected chi connectivity index (χ4v) is 5.13. The summed E-state index contributed by atoms with van der Waals surface area (Å²) in [5, 5.41) is 17.7. The predicted octanol–water partition coefficient (Wildman–Crippen LogP) is 4.64. The molecule has 2 aliphatic rings. The lowest BCUT2D eigenvalue weighted by Crippen LogP contribution is -2.38. The Balaban J connectivity index is 1.19. The van der Waals surface area contributed by atoms with Gasteiger partial charge in [0.2, 0.25) is 5.91 Å². The van der Waals surface area contributed by atoms with Gasteiger partial charge < -0.3 is 14.7 Å². The number of carbonyl (C=O) groups excluding carboxylic acids is 1. The van der Waals surface area contributed by atoms with Crippen LogP contribution in [0.1, 0.15) is 63.0 Å². The van der Waals surface area contributed by atoms with Crippen LogP contribution in [0, 0.1) is 17.2 Å². The van der Waals surface area contributed by atoms with Crippen molar-refractivity contribution in [3.8, 4) is 6.07 Å². The Morgan fingerprint density at radius 1 is 1.23 bits per heavy atom. The number of piperidine rings is 1. The first kappa shape index (κ1) is 21.1. The Hall–Kier alpha value is -2.10. The monoisotopic (exact) mass is 428 g/mol. The highest BCUT2D eigenvalue weighted by atomic mass is 35.5. The molecule has 1 N–H and O–H groups in total. The topological polar surface area (TPSA) is 82.2 Å². The molecule has 2 aromatic rings. The fraction of sp³-hybridized carbons (Fsp3) is 0.609. The first-order valence-electron chi connectivity index (χ1n) is 11.1. The Morgan fingerprint density at radius 3 is 2.73 bits per heavy atom. The van der Waals surface area contributed by atoms with E-state index in [1.165, 1.54) is 19.3 Å². The van der Waals surface area contributed by atoms with Gasteiger partial charge in [0.05, 0.1) is 11.8 Å². The first-order chi connectivity index (χ1) is 14.6. The number of nitrogens with one attached hydrogen (secondary N) is 1. The van der Waals surface area contributed by atoms with E-state index in [1.807, 2.05) is 24.3 Å². The van der Waals surface area contributed by atoms with Gasteiger partial charge in [0.1, 0.15) is 6.42 Å². The molecule has 6 nitrogen and oxygen atoms in total.